The number of aryl methyl sites for hydroxylation is 1. The van der Waals surface area contributed by atoms with Gasteiger partial charge in [-0.1, -0.05) is 36.4 Å². The van der Waals surface area contributed by atoms with E-state index in [1.54, 1.807) is 24.3 Å². The van der Waals surface area contributed by atoms with Crippen molar-refractivity contribution in [3.63, 3.8) is 0 Å². The Morgan fingerprint density at radius 1 is 1.09 bits per heavy atom. The molecule has 0 aliphatic heterocycles. The van der Waals surface area contributed by atoms with E-state index < -0.39 is 0 Å². The van der Waals surface area contributed by atoms with Crippen molar-refractivity contribution in [1.82, 2.24) is 5.32 Å². The number of anilines is 1. The Morgan fingerprint density at radius 3 is 2.74 bits per heavy atom. The Hall–Kier alpha value is -2.62. The van der Waals surface area contributed by atoms with Crippen molar-refractivity contribution >= 4 is 17.5 Å². The molecule has 0 bridgehead atoms. The maximum absolute atomic E-state index is 12.3. The van der Waals surface area contributed by atoms with Crippen LogP contribution in [0.3, 0.4) is 0 Å². The number of ketones is 1. The van der Waals surface area contributed by atoms with Crippen LogP contribution < -0.4 is 10.6 Å². The number of nitrogens with one attached hydrogen (secondary N) is 2. The van der Waals surface area contributed by atoms with Crippen LogP contribution in [0.5, 0.6) is 0 Å². The van der Waals surface area contributed by atoms with E-state index in [9.17, 15) is 9.59 Å². The highest BCUT2D eigenvalue weighted by Gasteiger charge is 2.21. The number of amides is 2. The van der Waals surface area contributed by atoms with Gasteiger partial charge in [-0.3, -0.25) is 4.79 Å². The van der Waals surface area contributed by atoms with Crippen LogP contribution in [0.15, 0.2) is 48.5 Å². The van der Waals surface area contributed by atoms with Crippen LogP contribution in [0.2, 0.25) is 0 Å². The van der Waals surface area contributed by atoms with Gasteiger partial charge in [0.2, 0.25) is 0 Å². The summed E-state index contributed by atoms with van der Waals surface area (Å²) in [5.74, 6) is -0.0183. The standard InChI is InChI=1S/C19H20N2O2/c1-13(22)15-8-4-9-16(12-15)20-19(23)21-18-11-5-7-14-6-2-3-10-17(14)18/h2-4,6,8-10,12,18H,5,7,11H2,1H3,(H2,20,21,23)/t18-/m1/s1. The molecule has 23 heavy (non-hydrogen) atoms. The molecule has 0 unspecified atom stereocenters. The van der Waals surface area contributed by atoms with Gasteiger partial charge in [-0.15, -0.1) is 0 Å². The molecule has 1 atom stereocenters. The smallest absolute Gasteiger partial charge is 0.319 e. The quantitative estimate of drug-likeness (QED) is 0.839. The van der Waals surface area contributed by atoms with Crippen LogP contribution in [0.25, 0.3) is 0 Å². The fourth-order valence-electron chi connectivity index (χ4n) is 3.05. The molecular weight excluding hydrogens is 288 g/mol. The minimum atomic E-state index is -0.243. The maximum atomic E-state index is 12.3. The molecule has 2 aromatic carbocycles. The Bertz CT molecular complexity index is 740. The van der Waals surface area contributed by atoms with Gasteiger partial charge in [-0.2, -0.15) is 0 Å². The average molecular weight is 308 g/mol. The predicted octanol–water partition coefficient (Wildman–Crippen LogP) is 4.09. The highest BCUT2D eigenvalue weighted by atomic mass is 16.2. The zero-order valence-electron chi connectivity index (χ0n) is 13.1. The van der Waals surface area contributed by atoms with Gasteiger partial charge in [0.05, 0.1) is 6.04 Å². The number of hydrogen-bond donors (Lipinski definition) is 2. The molecule has 118 valence electrons. The van der Waals surface area contributed by atoms with Gasteiger partial charge in [-0.05, 0) is 49.4 Å². The molecule has 0 heterocycles. The summed E-state index contributed by atoms with van der Waals surface area (Å²) in [5, 5.41) is 5.85. The Labute approximate surface area is 135 Å². The second-order valence-electron chi connectivity index (χ2n) is 5.88. The number of hydrogen-bond acceptors (Lipinski definition) is 2. The monoisotopic (exact) mass is 308 g/mol. The second-order valence-corrected chi connectivity index (χ2v) is 5.88. The molecule has 4 nitrogen and oxygen atoms in total. The van der Waals surface area contributed by atoms with E-state index in [2.05, 4.69) is 22.8 Å². The number of carbonyl (C=O) groups excluding carboxylic acids is 2. The SMILES string of the molecule is CC(=O)c1cccc(NC(=O)N[C@@H]2CCCc3ccccc32)c1. The van der Waals surface area contributed by atoms with Crippen LogP contribution in [-0.4, -0.2) is 11.8 Å². The van der Waals surface area contributed by atoms with Crippen LogP contribution >= 0.6 is 0 Å². The minimum absolute atomic E-state index is 0.0183. The van der Waals surface area contributed by atoms with Gasteiger partial charge >= 0.3 is 6.03 Å². The van der Waals surface area contributed by atoms with E-state index >= 15 is 0 Å². The molecule has 2 N–H and O–H groups in total. The first-order valence-electron chi connectivity index (χ1n) is 7.90. The third-order valence-electron chi connectivity index (χ3n) is 4.20. The van der Waals surface area contributed by atoms with Gasteiger partial charge in [0.25, 0.3) is 0 Å². The number of rotatable bonds is 3. The van der Waals surface area contributed by atoms with E-state index in [1.807, 2.05) is 12.1 Å². The van der Waals surface area contributed by atoms with Crippen LogP contribution in [0.1, 0.15) is 47.3 Å². The van der Waals surface area contributed by atoms with Crippen molar-refractivity contribution in [3.05, 3.63) is 65.2 Å². The fourth-order valence-corrected chi connectivity index (χ4v) is 3.05. The molecule has 0 aromatic heterocycles. The Kier molecular flexibility index (Phi) is 4.42. The molecule has 2 aromatic rings. The van der Waals surface area contributed by atoms with Crippen molar-refractivity contribution < 1.29 is 9.59 Å². The van der Waals surface area contributed by atoms with Gasteiger partial charge in [0.15, 0.2) is 5.78 Å². The lowest BCUT2D eigenvalue weighted by Gasteiger charge is -2.26. The average Bonchev–Trinajstić information content (AvgIpc) is 2.55. The molecule has 0 radical (unpaired) electrons. The van der Waals surface area contributed by atoms with Crippen LogP contribution in [-0.2, 0) is 6.42 Å². The molecule has 0 saturated heterocycles. The van der Waals surface area contributed by atoms with Gasteiger partial charge in [-0.25, -0.2) is 4.79 Å². The van der Waals surface area contributed by atoms with Gasteiger partial charge in [0.1, 0.15) is 0 Å². The Balaban J connectivity index is 1.69. The van der Waals surface area contributed by atoms with Crippen molar-refractivity contribution in [2.24, 2.45) is 0 Å². The van der Waals surface area contributed by atoms with E-state index in [0.717, 1.165) is 19.3 Å². The molecular formula is C19H20N2O2. The maximum Gasteiger partial charge on any atom is 0.319 e. The molecule has 0 fully saturated rings. The first-order valence-corrected chi connectivity index (χ1v) is 7.90. The van der Waals surface area contributed by atoms with E-state index in [4.69, 9.17) is 0 Å². The molecule has 0 saturated carbocycles. The summed E-state index contributed by atoms with van der Waals surface area (Å²) in [4.78, 5) is 23.7. The fraction of sp³-hybridized carbons (Fsp3) is 0.263. The molecule has 4 heteroatoms. The van der Waals surface area contributed by atoms with Crippen molar-refractivity contribution in [2.75, 3.05) is 5.32 Å². The summed E-state index contributed by atoms with van der Waals surface area (Å²) in [6, 6.07) is 15.0. The third kappa shape index (κ3) is 3.59. The lowest BCUT2D eigenvalue weighted by molar-refractivity contribution is 0.101. The topological polar surface area (TPSA) is 58.2 Å². The molecule has 0 spiro atoms. The lowest BCUT2D eigenvalue weighted by atomic mass is 9.88. The number of Topliss-reactive ketones (excluding diaryl/α,β-unsaturated/α-hetero) is 1. The number of urea groups is 1. The summed E-state index contributed by atoms with van der Waals surface area (Å²) in [7, 11) is 0. The summed E-state index contributed by atoms with van der Waals surface area (Å²) in [6.07, 6.45) is 3.08. The summed E-state index contributed by atoms with van der Waals surface area (Å²) in [6.45, 7) is 1.51. The van der Waals surface area contributed by atoms with Crippen molar-refractivity contribution in [1.29, 1.82) is 0 Å². The number of fused-ring (bicyclic) bond motifs is 1. The summed E-state index contributed by atoms with van der Waals surface area (Å²) >= 11 is 0. The molecule has 1 aliphatic carbocycles. The van der Waals surface area contributed by atoms with Crippen molar-refractivity contribution in [3.8, 4) is 0 Å². The zero-order valence-corrected chi connectivity index (χ0v) is 13.1. The van der Waals surface area contributed by atoms with Gasteiger partial charge in [0, 0.05) is 11.3 Å². The predicted molar refractivity (Wildman–Crippen MR) is 90.7 cm³/mol. The van der Waals surface area contributed by atoms with Crippen molar-refractivity contribution in [2.45, 2.75) is 32.2 Å². The Morgan fingerprint density at radius 2 is 1.91 bits per heavy atom. The zero-order chi connectivity index (χ0) is 16.2. The van der Waals surface area contributed by atoms with Crippen LogP contribution in [0, 0.1) is 0 Å². The number of carbonyl (C=O) groups is 2. The molecule has 2 amide bonds. The van der Waals surface area contributed by atoms with E-state index in [-0.39, 0.29) is 17.9 Å². The summed E-state index contributed by atoms with van der Waals surface area (Å²) in [5.41, 5.74) is 3.72. The van der Waals surface area contributed by atoms with E-state index in [1.165, 1.54) is 18.1 Å². The minimum Gasteiger partial charge on any atom is -0.331 e. The highest BCUT2D eigenvalue weighted by molar-refractivity contribution is 5.96. The first kappa shape index (κ1) is 15.3. The highest BCUT2D eigenvalue weighted by Crippen LogP contribution is 2.29. The largest absolute Gasteiger partial charge is 0.331 e. The van der Waals surface area contributed by atoms with Gasteiger partial charge < -0.3 is 10.6 Å². The van der Waals surface area contributed by atoms with E-state index in [0.29, 0.717) is 11.3 Å². The third-order valence-corrected chi connectivity index (χ3v) is 4.20. The summed E-state index contributed by atoms with van der Waals surface area (Å²) < 4.78 is 0. The first-order chi connectivity index (χ1) is 11.1. The van der Waals surface area contributed by atoms with Crippen LogP contribution in [0.4, 0.5) is 10.5 Å². The molecule has 3 rings (SSSR count). The lowest BCUT2D eigenvalue weighted by Crippen LogP contribution is -2.34. The second kappa shape index (κ2) is 6.65. The normalized spacial score (nSPS) is 16.3. The number of benzene rings is 2. The molecule has 1 aliphatic rings.